The van der Waals surface area contributed by atoms with Crippen LogP contribution < -0.4 is 0 Å². The van der Waals surface area contributed by atoms with Crippen molar-refractivity contribution in [3.05, 3.63) is 0 Å². The fourth-order valence-corrected chi connectivity index (χ4v) is 4.21. The minimum absolute atomic E-state index is 0.110. The molecular formula is C21H38O4. The molecule has 0 spiro atoms. The lowest BCUT2D eigenvalue weighted by molar-refractivity contribution is -0.180. The number of hydrogen-bond donors (Lipinski definition) is 1. The van der Waals surface area contributed by atoms with Crippen LogP contribution in [0.1, 0.15) is 92.4 Å². The lowest BCUT2D eigenvalue weighted by Crippen LogP contribution is -2.47. The second-order valence-corrected chi connectivity index (χ2v) is 8.38. The summed E-state index contributed by atoms with van der Waals surface area (Å²) in [7, 11) is 0. The van der Waals surface area contributed by atoms with E-state index in [1.165, 1.54) is 19.3 Å². The SMILES string of the molecule is CCCCCCC(OC(=O)C1CCC(C(=O)O)CC1)(C(C)C)C(C)C. The molecule has 0 heterocycles. The van der Waals surface area contributed by atoms with Gasteiger partial charge in [0.15, 0.2) is 0 Å². The van der Waals surface area contributed by atoms with E-state index in [1.54, 1.807) is 0 Å². The molecule has 0 aromatic carbocycles. The van der Waals surface area contributed by atoms with Gasteiger partial charge in [-0.2, -0.15) is 0 Å². The molecule has 25 heavy (non-hydrogen) atoms. The van der Waals surface area contributed by atoms with Gasteiger partial charge >= 0.3 is 11.9 Å². The molecule has 0 aromatic heterocycles. The molecule has 1 N–H and O–H groups in total. The van der Waals surface area contributed by atoms with Crippen LogP contribution >= 0.6 is 0 Å². The van der Waals surface area contributed by atoms with Crippen LogP contribution in [0.3, 0.4) is 0 Å². The Hall–Kier alpha value is -1.06. The zero-order valence-corrected chi connectivity index (χ0v) is 16.8. The highest BCUT2D eigenvalue weighted by atomic mass is 16.6. The molecule has 0 unspecified atom stereocenters. The van der Waals surface area contributed by atoms with Gasteiger partial charge in [0, 0.05) is 0 Å². The molecule has 4 heteroatoms. The number of carbonyl (C=O) groups excluding carboxylic acids is 1. The van der Waals surface area contributed by atoms with Crippen LogP contribution in [-0.2, 0) is 14.3 Å². The normalized spacial score (nSPS) is 21.6. The van der Waals surface area contributed by atoms with Crippen LogP contribution in [0, 0.1) is 23.7 Å². The number of aliphatic carboxylic acids is 1. The Bertz CT molecular complexity index is 412. The monoisotopic (exact) mass is 354 g/mol. The topological polar surface area (TPSA) is 63.6 Å². The fraction of sp³-hybridized carbons (Fsp3) is 0.905. The van der Waals surface area contributed by atoms with Gasteiger partial charge in [-0.1, -0.05) is 53.9 Å². The van der Waals surface area contributed by atoms with Crippen molar-refractivity contribution in [2.45, 2.75) is 98.0 Å². The van der Waals surface area contributed by atoms with Crippen molar-refractivity contribution in [2.24, 2.45) is 23.7 Å². The van der Waals surface area contributed by atoms with Crippen molar-refractivity contribution in [1.29, 1.82) is 0 Å². The number of rotatable bonds is 10. The van der Waals surface area contributed by atoms with E-state index in [9.17, 15) is 9.59 Å². The van der Waals surface area contributed by atoms with Gasteiger partial charge in [0.05, 0.1) is 11.8 Å². The molecule has 0 atom stereocenters. The molecule has 0 aromatic rings. The van der Waals surface area contributed by atoms with E-state index >= 15 is 0 Å². The zero-order valence-electron chi connectivity index (χ0n) is 16.8. The highest BCUT2D eigenvalue weighted by Gasteiger charge is 2.42. The van der Waals surface area contributed by atoms with E-state index in [1.807, 2.05) is 0 Å². The summed E-state index contributed by atoms with van der Waals surface area (Å²) in [6.45, 7) is 10.8. The maximum atomic E-state index is 12.8. The third-order valence-electron chi connectivity index (χ3n) is 6.08. The molecular weight excluding hydrogens is 316 g/mol. The van der Waals surface area contributed by atoms with Gasteiger partial charge in [-0.3, -0.25) is 9.59 Å². The standard InChI is InChI=1S/C21H38O4/c1-6-7-8-9-14-21(15(2)3,16(4)5)25-20(24)18-12-10-17(11-13-18)19(22)23/h15-18H,6-14H2,1-5H3,(H,22,23). The van der Waals surface area contributed by atoms with Gasteiger partial charge in [-0.05, 0) is 50.4 Å². The number of carbonyl (C=O) groups is 2. The van der Waals surface area contributed by atoms with Crippen LogP contribution in [0.15, 0.2) is 0 Å². The van der Waals surface area contributed by atoms with Crippen molar-refractivity contribution < 1.29 is 19.4 Å². The van der Waals surface area contributed by atoms with Crippen molar-refractivity contribution in [2.75, 3.05) is 0 Å². The predicted octanol–water partition coefficient (Wildman–Crippen LogP) is 5.44. The number of unbranched alkanes of at least 4 members (excludes halogenated alkanes) is 3. The highest BCUT2D eigenvalue weighted by molar-refractivity contribution is 5.74. The summed E-state index contributed by atoms with van der Waals surface area (Å²) in [4.78, 5) is 23.9. The molecule has 0 bridgehead atoms. The smallest absolute Gasteiger partial charge is 0.309 e. The molecule has 146 valence electrons. The molecule has 0 saturated heterocycles. The van der Waals surface area contributed by atoms with Crippen LogP contribution in [0.25, 0.3) is 0 Å². The molecule has 1 saturated carbocycles. The Morgan fingerprint density at radius 2 is 1.48 bits per heavy atom. The van der Waals surface area contributed by atoms with Gasteiger partial charge in [-0.15, -0.1) is 0 Å². The summed E-state index contributed by atoms with van der Waals surface area (Å²) < 4.78 is 6.19. The maximum Gasteiger partial charge on any atom is 0.309 e. The van der Waals surface area contributed by atoms with Gasteiger partial charge in [0.25, 0.3) is 0 Å². The molecule has 1 aliphatic rings. The van der Waals surface area contributed by atoms with Gasteiger partial charge in [0.1, 0.15) is 5.60 Å². The Labute approximate surface area is 153 Å². The average Bonchev–Trinajstić information content (AvgIpc) is 2.57. The molecule has 1 fully saturated rings. The number of carboxylic acid groups (broad SMARTS) is 1. The summed E-state index contributed by atoms with van der Waals surface area (Å²) in [6, 6.07) is 0. The van der Waals surface area contributed by atoms with Crippen molar-refractivity contribution >= 4 is 11.9 Å². The molecule has 0 amide bonds. The second kappa shape index (κ2) is 10.2. The van der Waals surface area contributed by atoms with E-state index in [4.69, 9.17) is 9.84 Å². The lowest BCUT2D eigenvalue weighted by atomic mass is 9.76. The molecule has 0 aliphatic heterocycles. The van der Waals surface area contributed by atoms with E-state index in [2.05, 4.69) is 34.6 Å². The lowest BCUT2D eigenvalue weighted by Gasteiger charge is -2.42. The van der Waals surface area contributed by atoms with Crippen molar-refractivity contribution in [1.82, 2.24) is 0 Å². The van der Waals surface area contributed by atoms with Gasteiger partial charge in [0.2, 0.25) is 0 Å². The van der Waals surface area contributed by atoms with E-state index < -0.39 is 11.6 Å². The first-order valence-electron chi connectivity index (χ1n) is 10.2. The maximum absolute atomic E-state index is 12.8. The van der Waals surface area contributed by atoms with Crippen molar-refractivity contribution in [3.63, 3.8) is 0 Å². The molecule has 1 rings (SSSR count). The first kappa shape index (κ1) is 22.0. The van der Waals surface area contributed by atoms with Crippen LogP contribution in [0.5, 0.6) is 0 Å². The third kappa shape index (κ3) is 6.00. The second-order valence-electron chi connectivity index (χ2n) is 8.38. The van der Waals surface area contributed by atoms with Crippen molar-refractivity contribution in [3.8, 4) is 0 Å². The minimum atomic E-state index is -0.735. The zero-order chi connectivity index (χ0) is 19.0. The molecule has 4 nitrogen and oxygen atoms in total. The number of esters is 1. The highest BCUT2D eigenvalue weighted by Crippen LogP contribution is 2.38. The summed E-state index contributed by atoms with van der Waals surface area (Å²) in [5.74, 6) is -0.730. The first-order valence-corrected chi connectivity index (χ1v) is 10.2. The largest absolute Gasteiger partial charge is 0.481 e. The van der Waals surface area contributed by atoms with Crippen LogP contribution in [-0.4, -0.2) is 22.6 Å². The Morgan fingerprint density at radius 1 is 0.960 bits per heavy atom. The quantitative estimate of drug-likeness (QED) is 0.419. The molecule has 0 radical (unpaired) electrons. The number of ether oxygens (including phenoxy) is 1. The van der Waals surface area contributed by atoms with E-state index in [0.717, 1.165) is 12.8 Å². The summed E-state index contributed by atoms with van der Waals surface area (Å²) in [6.07, 6.45) is 8.04. The number of carboxylic acids is 1. The van der Waals surface area contributed by atoms with Gasteiger partial charge in [-0.25, -0.2) is 0 Å². The van der Waals surface area contributed by atoms with Crippen LogP contribution in [0.4, 0.5) is 0 Å². The summed E-state index contributed by atoms with van der Waals surface area (Å²) in [5, 5.41) is 9.12. The van der Waals surface area contributed by atoms with E-state index in [0.29, 0.717) is 25.7 Å². The molecule has 1 aliphatic carbocycles. The Morgan fingerprint density at radius 3 is 1.92 bits per heavy atom. The fourth-order valence-electron chi connectivity index (χ4n) is 4.21. The van der Waals surface area contributed by atoms with E-state index in [-0.39, 0.29) is 29.6 Å². The van der Waals surface area contributed by atoms with Gasteiger partial charge < -0.3 is 9.84 Å². The summed E-state index contributed by atoms with van der Waals surface area (Å²) in [5.41, 5.74) is -0.408. The Balaban J connectivity index is 2.73. The number of hydrogen-bond acceptors (Lipinski definition) is 3. The average molecular weight is 355 g/mol. The first-order chi connectivity index (χ1) is 11.7. The third-order valence-corrected chi connectivity index (χ3v) is 6.08. The Kier molecular flexibility index (Phi) is 8.95. The summed E-state index contributed by atoms with van der Waals surface area (Å²) >= 11 is 0. The van der Waals surface area contributed by atoms with Crippen LogP contribution in [0.2, 0.25) is 0 Å². The minimum Gasteiger partial charge on any atom is -0.481 e. The predicted molar refractivity (Wildman–Crippen MR) is 100 cm³/mol.